The van der Waals surface area contributed by atoms with Gasteiger partial charge in [-0.15, -0.1) is 0 Å². The summed E-state index contributed by atoms with van der Waals surface area (Å²) in [5.41, 5.74) is 2.06. The second kappa shape index (κ2) is 3.77. The Morgan fingerprint density at radius 3 is 3.23 bits per heavy atom. The van der Waals surface area contributed by atoms with E-state index in [1.165, 1.54) is 0 Å². The van der Waals surface area contributed by atoms with E-state index >= 15 is 0 Å². The number of nitrogens with one attached hydrogen (secondary N) is 1. The minimum atomic E-state index is 0.0906. The molecule has 0 saturated carbocycles. The van der Waals surface area contributed by atoms with E-state index < -0.39 is 0 Å². The van der Waals surface area contributed by atoms with Crippen molar-refractivity contribution in [2.45, 2.75) is 13.2 Å². The molecule has 0 fully saturated rings. The molecule has 3 nitrogen and oxygen atoms in total. The van der Waals surface area contributed by atoms with Gasteiger partial charge < -0.3 is 15.2 Å². The highest BCUT2D eigenvalue weighted by molar-refractivity contribution is 5.37. The summed E-state index contributed by atoms with van der Waals surface area (Å²) in [6.07, 6.45) is 0. The van der Waals surface area contributed by atoms with Crippen LogP contribution in [0.3, 0.4) is 0 Å². The fourth-order valence-corrected chi connectivity index (χ4v) is 1.47. The molecule has 0 unspecified atom stereocenters. The zero-order valence-electron chi connectivity index (χ0n) is 7.42. The van der Waals surface area contributed by atoms with E-state index in [4.69, 9.17) is 9.84 Å². The van der Waals surface area contributed by atoms with Gasteiger partial charge in [0.15, 0.2) is 0 Å². The fourth-order valence-electron chi connectivity index (χ4n) is 1.47. The SMILES string of the molecule is OCc1ccc2c(c1)CNCCO2. The Labute approximate surface area is 77.3 Å². The molecule has 1 aromatic carbocycles. The van der Waals surface area contributed by atoms with Gasteiger partial charge in [0.05, 0.1) is 6.61 Å². The minimum absolute atomic E-state index is 0.0906. The van der Waals surface area contributed by atoms with Crippen molar-refractivity contribution in [2.75, 3.05) is 13.2 Å². The van der Waals surface area contributed by atoms with Gasteiger partial charge in [-0.3, -0.25) is 0 Å². The highest BCUT2D eigenvalue weighted by Gasteiger charge is 2.07. The van der Waals surface area contributed by atoms with Crippen molar-refractivity contribution in [3.8, 4) is 5.75 Å². The van der Waals surface area contributed by atoms with Crippen molar-refractivity contribution in [3.05, 3.63) is 29.3 Å². The maximum absolute atomic E-state index is 8.95. The van der Waals surface area contributed by atoms with Gasteiger partial charge in [-0.1, -0.05) is 6.07 Å². The first-order valence-corrected chi connectivity index (χ1v) is 4.46. The Hall–Kier alpha value is -1.06. The van der Waals surface area contributed by atoms with Gasteiger partial charge in [0.2, 0.25) is 0 Å². The van der Waals surface area contributed by atoms with Gasteiger partial charge in [0.1, 0.15) is 12.4 Å². The minimum Gasteiger partial charge on any atom is -0.492 e. The lowest BCUT2D eigenvalue weighted by atomic mass is 10.1. The van der Waals surface area contributed by atoms with Crippen molar-refractivity contribution in [3.63, 3.8) is 0 Å². The summed E-state index contributed by atoms with van der Waals surface area (Å²) >= 11 is 0. The van der Waals surface area contributed by atoms with Crippen LogP contribution in [-0.4, -0.2) is 18.3 Å². The van der Waals surface area contributed by atoms with E-state index in [0.29, 0.717) is 6.61 Å². The van der Waals surface area contributed by atoms with E-state index in [2.05, 4.69) is 5.32 Å². The van der Waals surface area contributed by atoms with Crippen LogP contribution in [-0.2, 0) is 13.2 Å². The van der Waals surface area contributed by atoms with Crippen molar-refractivity contribution in [1.29, 1.82) is 0 Å². The van der Waals surface area contributed by atoms with E-state index in [-0.39, 0.29) is 6.61 Å². The number of rotatable bonds is 1. The van der Waals surface area contributed by atoms with Crippen molar-refractivity contribution in [1.82, 2.24) is 5.32 Å². The fraction of sp³-hybridized carbons (Fsp3) is 0.400. The average molecular weight is 179 g/mol. The zero-order valence-corrected chi connectivity index (χ0v) is 7.42. The van der Waals surface area contributed by atoms with Crippen molar-refractivity contribution < 1.29 is 9.84 Å². The molecule has 2 rings (SSSR count). The Morgan fingerprint density at radius 1 is 1.46 bits per heavy atom. The standard InChI is InChI=1S/C10H13NO2/c12-7-8-1-2-10-9(5-8)6-11-3-4-13-10/h1-2,5,11-12H,3-4,6-7H2. The van der Waals surface area contributed by atoms with E-state index in [9.17, 15) is 0 Å². The molecule has 70 valence electrons. The van der Waals surface area contributed by atoms with Crippen LogP contribution in [0.1, 0.15) is 11.1 Å². The van der Waals surface area contributed by atoms with Crippen molar-refractivity contribution >= 4 is 0 Å². The van der Waals surface area contributed by atoms with Gasteiger partial charge >= 0.3 is 0 Å². The van der Waals surface area contributed by atoms with Crippen LogP contribution in [0.4, 0.5) is 0 Å². The lowest BCUT2D eigenvalue weighted by Crippen LogP contribution is -2.16. The molecule has 3 heteroatoms. The van der Waals surface area contributed by atoms with Crippen LogP contribution in [0.25, 0.3) is 0 Å². The quantitative estimate of drug-likeness (QED) is 0.665. The summed E-state index contributed by atoms with van der Waals surface area (Å²) in [5, 5.41) is 12.2. The molecule has 0 amide bonds. The summed E-state index contributed by atoms with van der Waals surface area (Å²) < 4.78 is 5.50. The van der Waals surface area contributed by atoms with Gasteiger partial charge in [-0.2, -0.15) is 0 Å². The maximum atomic E-state index is 8.95. The molecule has 0 aliphatic carbocycles. The first-order valence-electron chi connectivity index (χ1n) is 4.46. The topological polar surface area (TPSA) is 41.5 Å². The number of hydrogen-bond acceptors (Lipinski definition) is 3. The third-order valence-corrected chi connectivity index (χ3v) is 2.16. The van der Waals surface area contributed by atoms with Crippen LogP contribution in [0.5, 0.6) is 5.75 Å². The molecule has 13 heavy (non-hydrogen) atoms. The van der Waals surface area contributed by atoms with Crippen LogP contribution in [0.2, 0.25) is 0 Å². The predicted molar refractivity (Wildman–Crippen MR) is 49.6 cm³/mol. The van der Waals surface area contributed by atoms with Gasteiger partial charge in [0.25, 0.3) is 0 Å². The largest absolute Gasteiger partial charge is 0.492 e. The smallest absolute Gasteiger partial charge is 0.123 e. The maximum Gasteiger partial charge on any atom is 0.123 e. The highest BCUT2D eigenvalue weighted by Crippen LogP contribution is 2.21. The lowest BCUT2D eigenvalue weighted by molar-refractivity contribution is 0.281. The number of benzene rings is 1. The van der Waals surface area contributed by atoms with E-state index in [0.717, 1.165) is 30.0 Å². The molecule has 0 saturated heterocycles. The molecule has 1 aliphatic heterocycles. The molecule has 0 bridgehead atoms. The molecular formula is C10H13NO2. The van der Waals surface area contributed by atoms with E-state index in [1.807, 2.05) is 18.2 Å². The Morgan fingerprint density at radius 2 is 2.38 bits per heavy atom. The molecule has 2 N–H and O–H groups in total. The van der Waals surface area contributed by atoms with Crippen LogP contribution in [0, 0.1) is 0 Å². The second-order valence-corrected chi connectivity index (χ2v) is 3.13. The number of fused-ring (bicyclic) bond motifs is 1. The Kier molecular flexibility index (Phi) is 2.47. The van der Waals surface area contributed by atoms with Gasteiger partial charge in [-0.05, 0) is 17.7 Å². The summed E-state index contributed by atoms with van der Waals surface area (Å²) in [5.74, 6) is 0.933. The third kappa shape index (κ3) is 1.82. The molecule has 0 aromatic heterocycles. The summed E-state index contributed by atoms with van der Waals surface area (Å²) in [6.45, 7) is 2.51. The van der Waals surface area contributed by atoms with Crippen LogP contribution >= 0.6 is 0 Å². The molecule has 1 heterocycles. The number of hydrogen-bond donors (Lipinski definition) is 2. The number of aliphatic hydroxyl groups is 1. The number of ether oxygens (including phenoxy) is 1. The lowest BCUT2D eigenvalue weighted by Gasteiger charge is -2.07. The molecular weight excluding hydrogens is 166 g/mol. The van der Waals surface area contributed by atoms with Crippen molar-refractivity contribution in [2.24, 2.45) is 0 Å². The zero-order chi connectivity index (χ0) is 9.10. The Balaban J connectivity index is 2.32. The first kappa shape index (κ1) is 8.53. The molecule has 0 atom stereocenters. The number of aliphatic hydroxyl groups excluding tert-OH is 1. The summed E-state index contributed by atoms with van der Waals surface area (Å²) in [6, 6.07) is 5.80. The monoisotopic (exact) mass is 179 g/mol. The first-order chi connectivity index (χ1) is 6.40. The molecule has 1 aromatic rings. The molecule has 0 spiro atoms. The summed E-state index contributed by atoms with van der Waals surface area (Å²) in [7, 11) is 0. The van der Waals surface area contributed by atoms with Gasteiger partial charge in [-0.25, -0.2) is 0 Å². The highest BCUT2D eigenvalue weighted by atomic mass is 16.5. The molecule has 1 aliphatic rings. The third-order valence-electron chi connectivity index (χ3n) is 2.16. The van der Waals surface area contributed by atoms with Crippen LogP contribution in [0.15, 0.2) is 18.2 Å². The Bertz CT molecular complexity index is 299. The van der Waals surface area contributed by atoms with E-state index in [1.54, 1.807) is 0 Å². The van der Waals surface area contributed by atoms with Crippen LogP contribution < -0.4 is 10.1 Å². The average Bonchev–Trinajstić information content (AvgIpc) is 2.41. The summed E-state index contributed by atoms with van der Waals surface area (Å²) in [4.78, 5) is 0. The second-order valence-electron chi connectivity index (χ2n) is 3.13. The predicted octanol–water partition coefficient (Wildman–Crippen LogP) is 0.661. The van der Waals surface area contributed by atoms with Gasteiger partial charge in [0, 0.05) is 18.7 Å². The molecule has 0 radical (unpaired) electrons. The normalized spacial score (nSPS) is 15.8.